The van der Waals surface area contributed by atoms with Gasteiger partial charge in [-0.2, -0.15) is 0 Å². The van der Waals surface area contributed by atoms with E-state index in [4.69, 9.17) is 18.0 Å². The van der Waals surface area contributed by atoms with Crippen molar-refractivity contribution in [1.29, 1.82) is 0 Å². The molecule has 132 valence electrons. The third kappa shape index (κ3) is 2.98. The molecule has 4 heteroatoms. The molecule has 0 heterocycles. The Balaban J connectivity index is 2.00. The van der Waals surface area contributed by atoms with Crippen LogP contribution in [0.3, 0.4) is 0 Å². The second-order valence-corrected chi connectivity index (χ2v) is 8.34. The van der Waals surface area contributed by atoms with Crippen LogP contribution in [0.5, 0.6) is 0 Å². The minimum Gasteiger partial charge on any atom is -0.393 e. The van der Waals surface area contributed by atoms with Crippen molar-refractivity contribution in [2.45, 2.75) is 63.7 Å². The summed E-state index contributed by atoms with van der Waals surface area (Å²) in [5.74, 6) is 0.748. The maximum Gasteiger partial charge on any atom is 0.238 e. The van der Waals surface area contributed by atoms with Gasteiger partial charge in [-0.15, -0.1) is 0 Å². The zero-order valence-electron chi connectivity index (χ0n) is 14.3. The molecule has 3 rings (SSSR count). The third-order valence-electron chi connectivity index (χ3n) is 6.59. The van der Waals surface area contributed by atoms with E-state index in [0.29, 0.717) is 17.3 Å². The van der Waals surface area contributed by atoms with Gasteiger partial charge in [0.2, 0.25) is 6.43 Å². The van der Waals surface area contributed by atoms with E-state index in [1.165, 1.54) is 5.56 Å². The predicted molar refractivity (Wildman–Crippen MR) is 98.3 cm³/mol. The van der Waals surface area contributed by atoms with Gasteiger partial charge in [0.15, 0.2) is 0 Å². The van der Waals surface area contributed by atoms with Crippen molar-refractivity contribution >= 4 is 17.2 Å². The summed E-state index contributed by atoms with van der Waals surface area (Å²) in [5.41, 5.74) is 7.39. The van der Waals surface area contributed by atoms with Crippen LogP contribution in [-0.2, 0) is 5.41 Å². The van der Waals surface area contributed by atoms with E-state index in [1.54, 1.807) is 0 Å². The summed E-state index contributed by atoms with van der Waals surface area (Å²) < 4.78 is 25.7. The molecule has 0 radical (unpaired) electrons. The number of nitrogens with two attached hydrogens (primary N) is 1. The summed E-state index contributed by atoms with van der Waals surface area (Å²) in [4.78, 5) is 0.553. The average molecular weight is 352 g/mol. The molecule has 1 aromatic carbocycles. The monoisotopic (exact) mass is 351 g/mol. The Labute approximate surface area is 149 Å². The lowest BCUT2D eigenvalue weighted by molar-refractivity contribution is 0.112. The maximum absolute atomic E-state index is 12.9. The molecule has 2 aliphatic carbocycles. The number of alkyl halides is 2. The smallest absolute Gasteiger partial charge is 0.238 e. The fourth-order valence-electron chi connectivity index (χ4n) is 5.53. The first-order chi connectivity index (χ1) is 11.4. The lowest BCUT2D eigenvalue weighted by Crippen LogP contribution is -2.44. The van der Waals surface area contributed by atoms with Crippen molar-refractivity contribution in [2.24, 2.45) is 23.0 Å². The van der Waals surface area contributed by atoms with Crippen LogP contribution in [0.1, 0.15) is 57.4 Å². The van der Waals surface area contributed by atoms with E-state index < -0.39 is 6.43 Å². The van der Waals surface area contributed by atoms with Gasteiger partial charge in [0, 0.05) is 11.8 Å². The molecule has 0 amide bonds. The molecule has 2 N–H and O–H groups in total. The molecule has 1 aromatic rings. The van der Waals surface area contributed by atoms with E-state index in [-0.39, 0.29) is 23.2 Å². The first-order valence-corrected chi connectivity index (χ1v) is 9.46. The van der Waals surface area contributed by atoms with Crippen molar-refractivity contribution in [3.05, 3.63) is 35.9 Å². The molecule has 0 saturated heterocycles. The molecule has 0 aromatic heterocycles. The molecule has 24 heavy (non-hydrogen) atoms. The van der Waals surface area contributed by atoms with E-state index in [9.17, 15) is 8.78 Å². The number of hydrogen-bond donors (Lipinski definition) is 1. The highest BCUT2D eigenvalue weighted by Gasteiger charge is 2.60. The number of thiocarbonyl (C=S) groups is 1. The number of halogens is 2. The van der Waals surface area contributed by atoms with Crippen LogP contribution < -0.4 is 5.73 Å². The molecule has 0 spiro atoms. The van der Waals surface area contributed by atoms with Gasteiger partial charge in [0.05, 0.1) is 4.99 Å². The van der Waals surface area contributed by atoms with Crippen LogP contribution in [0, 0.1) is 17.3 Å². The summed E-state index contributed by atoms with van der Waals surface area (Å²) in [6, 6.07) is 10.6. The van der Waals surface area contributed by atoms with E-state index in [0.717, 1.165) is 32.1 Å². The first kappa shape index (κ1) is 17.8. The summed E-state index contributed by atoms with van der Waals surface area (Å²) in [5, 5.41) is 0. The van der Waals surface area contributed by atoms with E-state index in [1.807, 2.05) is 6.07 Å². The fourth-order valence-corrected chi connectivity index (χ4v) is 5.86. The van der Waals surface area contributed by atoms with Crippen LogP contribution in [0.4, 0.5) is 8.78 Å². The number of rotatable bonds is 6. The summed E-state index contributed by atoms with van der Waals surface area (Å²) in [7, 11) is 0. The van der Waals surface area contributed by atoms with E-state index in [2.05, 4.69) is 31.2 Å². The lowest BCUT2D eigenvalue weighted by atomic mass is 9.60. The van der Waals surface area contributed by atoms with Gasteiger partial charge >= 0.3 is 0 Å². The van der Waals surface area contributed by atoms with Crippen molar-refractivity contribution in [3.8, 4) is 0 Å². The zero-order valence-corrected chi connectivity index (χ0v) is 15.1. The van der Waals surface area contributed by atoms with Gasteiger partial charge in [0.25, 0.3) is 0 Å². The van der Waals surface area contributed by atoms with Gasteiger partial charge < -0.3 is 5.73 Å². The van der Waals surface area contributed by atoms with Crippen LogP contribution in [0.25, 0.3) is 0 Å². The molecule has 2 fully saturated rings. The van der Waals surface area contributed by atoms with Crippen LogP contribution in [0.15, 0.2) is 30.3 Å². The minimum absolute atomic E-state index is 0.0449. The maximum atomic E-state index is 12.9. The third-order valence-corrected chi connectivity index (χ3v) is 7.00. The van der Waals surface area contributed by atoms with Gasteiger partial charge in [-0.05, 0) is 54.9 Å². The second-order valence-electron chi connectivity index (χ2n) is 7.90. The molecule has 0 aliphatic heterocycles. The Kier molecular flexibility index (Phi) is 4.96. The second kappa shape index (κ2) is 6.70. The summed E-state index contributed by atoms with van der Waals surface area (Å²) in [6.07, 6.45) is 3.31. The normalized spacial score (nSPS) is 35.3. The van der Waals surface area contributed by atoms with Crippen molar-refractivity contribution in [2.75, 3.05) is 0 Å². The fraction of sp³-hybridized carbons (Fsp3) is 0.650. The summed E-state index contributed by atoms with van der Waals surface area (Å²) >= 11 is 5.50. The molecule has 4 atom stereocenters. The van der Waals surface area contributed by atoms with Crippen LogP contribution in [-0.4, -0.2) is 11.4 Å². The highest BCUT2D eigenvalue weighted by atomic mass is 32.1. The van der Waals surface area contributed by atoms with Gasteiger partial charge in [-0.3, -0.25) is 0 Å². The molecule has 2 aliphatic rings. The van der Waals surface area contributed by atoms with Crippen molar-refractivity contribution in [1.82, 2.24) is 0 Å². The lowest BCUT2D eigenvalue weighted by Gasteiger charge is -2.44. The zero-order chi connectivity index (χ0) is 17.4. The van der Waals surface area contributed by atoms with E-state index >= 15 is 0 Å². The van der Waals surface area contributed by atoms with Crippen LogP contribution in [0.2, 0.25) is 0 Å². The number of benzene rings is 1. The Morgan fingerprint density at radius 1 is 1.25 bits per heavy atom. The van der Waals surface area contributed by atoms with Gasteiger partial charge in [-0.25, -0.2) is 8.78 Å². The molecule has 4 unspecified atom stereocenters. The molecule has 2 saturated carbocycles. The molecular formula is C20H27F2NS. The molecule has 1 nitrogen and oxygen atoms in total. The minimum atomic E-state index is -2.25. The number of fused-ring (bicyclic) bond motifs is 2. The molecular weight excluding hydrogens is 324 g/mol. The summed E-state index contributed by atoms with van der Waals surface area (Å²) in [6.45, 7) is 2.22. The van der Waals surface area contributed by atoms with Crippen molar-refractivity contribution in [3.63, 3.8) is 0 Å². The molecule has 2 bridgehead atoms. The number of hydrogen-bond acceptors (Lipinski definition) is 1. The highest BCUT2D eigenvalue weighted by Crippen LogP contribution is 2.65. The quantitative estimate of drug-likeness (QED) is 0.688. The topological polar surface area (TPSA) is 26.0 Å². The SMILES string of the molecule is CCC1CC2(c3ccccc3)CC(CCC(F)F)C(C(N)=S)(C1)C2. The predicted octanol–water partition coefficient (Wildman–Crippen LogP) is 5.47. The largest absolute Gasteiger partial charge is 0.393 e. The Bertz CT molecular complexity index is 591. The Hall–Kier alpha value is -1.03. The highest BCUT2D eigenvalue weighted by molar-refractivity contribution is 7.80. The Morgan fingerprint density at radius 3 is 2.54 bits per heavy atom. The average Bonchev–Trinajstić information content (AvgIpc) is 2.82. The Morgan fingerprint density at radius 2 is 1.96 bits per heavy atom. The van der Waals surface area contributed by atoms with Crippen LogP contribution >= 0.6 is 12.2 Å². The van der Waals surface area contributed by atoms with Gasteiger partial charge in [0.1, 0.15) is 0 Å². The van der Waals surface area contributed by atoms with Crippen molar-refractivity contribution < 1.29 is 8.78 Å². The standard InChI is InChI=1S/C20H27F2NS/c1-2-14-10-19(15-6-4-3-5-7-15)12-16(8-9-17(21)22)20(11-14,13-19)18(23)24/h3-7,14,16-17H,2,8-13H2,1H3,(H2,23,24). The first-order valence-electron chi connectivity index (χ1n) is 9.05. The van der Waals surface area contributed by atoms with Gasteiger partial charge in [-0.1, -0.05) is 55.9 Å².